The number of carbonyl (C=O) groups is 4. The second-order valence-electron chi connectivity index (χ2n) is 11.0. The molecule has 4 aromatic rings. The van der Waals surface area contributed by atoms with E-state index in [1.54, 1.807) is 49.5 Å². The smallest absolute Gasteiger partial charge is 0.319 e. The Morgan fingerprint density at radius 1 is 0.822 bits per heavy atom. The van der Waals surface area contributed by atoms with Gasteiger partial charge in [0.2, 0.25) is 11.8 Å². The molecule has 0 heterocycles. The molecule has 0 aromatic heterocycles. The van der Waals surface area contributed by atoms with Crippen molar-refractivity contribution in [2.45, 2.75) is 25.7 Å². The minimum atomic E-state index is -0.550. The first-order valence-electron chi connectivity index (χ1n) is 14.9. The Balaban J connectivity index is 1.28. The summed E-state index contributed by atoms with van der Waals surface area (Å²) in [5, 5.41) is 5.30. The normalized spacial score (nSPS) is 13.3. The number of nitrogens with zero attached hydrogens (tertiary/aromatic N) is 2. The Bertz CT molecular complexity index is 1690. The van der Waals surface area contributed by atoms with Crippen LogP contribution in [0.25, 0.3) is 0 Å². The van der Waals surface area contributed by atoms with Crippen molar-refractivity contribution < 1.29 is 23.9 Å². The number of carbonyl (C=O) groups excluding carboxylic acids is 4. The highest BCUT2D eigenvalue weighted by molar-refractivity contribution is 6.05. The van der Waals surface area contributed by atoms with E-state index in [-0.39, 0.29) is 37.3 Å². The van der Waals surface area contributed by atoms with Crippen molar-refractivity contribution in [3.05, 3.63) is 120 Å². The van der Waals surface area contributed by atoms with E-state index >= 15 is 0 Å². The third-order valence-electron chi connectivity index (χ3n) is 7.82. The number of hydrogen-bond acceptors (Lipinski definition) is 5. The number of nitrogens with one attached hydrogen (secondary N) is 2. The fourth-order valence-corrected chi connectivity index (χ4v) is 5.40. The van der Waals surface area contributed by atoms with E-state index in [1.165, 1.54) is 15.4 Å². The van der Waals surface area contributed by atoms with Gasteiger partial charge in [-0.05, 0) is 72.9 Å². The molecule has 0 fully saturated rings. The van der Waals surface area contributed by atoms with Crippen LogP contribution in [0.5, 0.6) is 5.75 Å². The van der Waals surface area contributed by atoms with Gasteiger partial charge in [-0.25, -0.2) is 4.79 Å². The van der Waals surface area contributed by atoms with Crippen molar-refractivity contribution in [3.63, 3.8) is 0 Å². The lowest BCUT2D eigenvalue weighted by molar-refractivity contribution is -0.122. The summed E-state index contributed by atoms with van der Waals surface area (Å²) in [7, 11) is 1.64. The molecule has 4 amide bonds. The summed E-state index contributed by atoms with van der Waals surface area (Å²) >= 11 is 0. The molecule has 0 saturated heterocycles. The van der Waals surface area contributed by atoms with Crippen LogP contribution in [0.2, 0.25) is 0 Å². The zero-order valence-electron chi connectivity index (χ0n) is 25.4. The molecule has 1 atom stereocenters. The van der Waals surface area contributed by atoms with Crippen molar-refractivity contribution in [2.24, 2.45) is 0 Å². The molecule has 1 aliphatic carbocycles. The molecular weight excluding hydrogens is 568 g/mol. The van der Waals surface area contributed by atoms with Gasteiger partial charge >= 0.3 is 6.03 Å². The molecule has 2 N–H and O–H groups in total. The van der Waals surface area contributed by atoms with Crippen molar-refractivity contribution >= 4 is 40.7 Å². The standard InChI is InChI=1S/C36H36N4O5/c1-25-10-8-12-27(20-25)38-36(44)37-22-34(42)40(23-35(43)39(2)28-13-4-3-5-14-28)29-15-9-16-30(21-29)45-24-33(41)32-19-18-26-11-6-7-17-31(26)32/h3-17,20-21,32H,18-19,22-24H2,1-2H3,(H2,37,38,44). The molecule has 45 heavy (non-hydrogen) atoms. The molecule has 9 nitrogen and oxygen atoms in total. The van der Waals surface area contributed by atoms with Gasteiger partial charge in [0.05, 0.1) is 6.54 Å². The summed E-state index contributed by atoms with van der Waals surface area (Å²) in [6.07, 6.45) is 1.62. The minimum absolute atomic E-state index is 0.0122. The molecule has 0 aliphatic heterocycles. The largest absolute Gasteiger partial charge is 0.486 e. The van der Waals surface area contributed by atoms with Gasteiger partial charge < -0.3 is 25.2 Å². The summed E-state index contributed by atoms with van der Waals surface area (Å²) in [5.41, 5.74) is 4.89. The summed E-state index contributed by atoms with van der Waals surface area (Å²) in [5.74, 6) is -0.661. The number of fused-ring (bicyclic) bond motifs is 1. The zero-order valence-corrected chi connectivity index (χ0v) is 25.4. The van der Waals surface area contributed by atoms with Crippen LogP contribution in [0.15, 0.2) is 103 Å². The van der Waals surface area contributed by atoms with Gasteiger partial charge in [0.15, 0.2) is 5.78 Å². The Kier molecular flexibility index (Phi) is 9.89. The number of likely N-dealkylation sites (N-methyl/N-ethyl adjacent to an activating group) is 1. The number of anilines is 3. The number of benzene rings is 4. The predicted molar refractivity (Wildman–Crippen MR) is 175 cm³/mol. The van der Waals surface area contributed by atoms with Gasteiger partial charge in [0, 0.05) is 36.1 Å². The average molecular weight is 605 g/mol. The first kappa shape index (κ1) is 31.0. The summed E-state index contributed by atoms with van der Waals surface area (Å²) < 4.78 is 5.90. The van der Waals surface area contributed by atoms with Crippen LogP contribution in [0.1, 0.15) is 29.0 Å². The Morgan fingerprint density at radius 2 is 1.56 bits per heavy atom. The number of amides is 4. The van der Waals surface area contributed by atoms with E-state index in [9.17, 15) is 19.2 Å². The molecular formula is C36H36N4O5. The number of ketones is 1. The van der Waals surface area contributed by atoms with E-state index < -0.39 is 11.9 Å². The van der Waals surface area contributed by atoms with E-state index in [0.29, 0.717) is 22.8 Å². The average Bonchev–Trinajstić information content (AvgIpc) is 3.49. The number of Topliss-reactive ketones (excluding diaryl/α,β-unsaturated/α-hetero) is 1. The lowest BCUT2D eigenvalue weighted by atomic mass is 9.97. The minimum Gasteiger partial charge on any atom is -0.486 e. The van der Waals surface area contributed by atoms with Crippen LogP contribution < -0.4 is 25.2 Å². The third-order valence-corrected chi connectivity index (χ3v) is 7.82. The molecule has 9 heteroatoms. The molecule has 0 saturated carbocycles. The number of urea groups is 1. The lowest BCUT2D eigenvalue weighted by Crippen LogP contribution is -2.46. The van der Waals surface area contributed by atoms with E-state index in [1.807, 2.05) is 61.5 Å². The van der Waals surface area contributed by atoms with E-state index in [4.69, 9.17) is 4.74 Å². The van der Waals surface area contributed by atoms with Crippen molar-refractivity contribution in [3.8, 4) is 5.75 Å². The fraction of sp³-hybridized carbons (Fsp3) is 0.222. The van der Waals surface area contributed by atoms with Gasteiger partial charge in [-0.15, -0.1) is 0 Å². The number of ether oxygens (including phenoxy) is 1. The molecule has 1 aliphatic rings. The summed E-state index contributed by atoms with van der Waals surface area (Å²) in [4.78, 5) is 55.3. The first-order valence-corrected chi connectivity index (χ1v) is 14.9. The highest BCUT2D eigenvalue weighted by Gasteiger charge is 2.28. The Morgan fingerprint density at radius 3 is 2.36 bits per heavy atom. The summed E-state index contributed by atoms with van der Waals surface area (Å²) in [6, 6.07) is 30.5. The molecule has 230 valence electrons. The highest BCUT2D eigenvalue weighted by Crippen LogP contribution is 2.33. The van der Waals surface area contributed by atoms with Gasteiger partial charge in [-0.1, -0.05) is 60.7 Å². The third kappa shape index (κ3) is 7.94. The predicted octanol–water partition coefficient (Wildman–Crippen LogP) is 5.49. The van der Waals surface area contributed by atoms with Crippen LogP contribution in [-0.2, 0) is 20.8 Å². The summed E-state index contributed by atoms with van der Waals surface area (Å²) in [6.45, 7) is 1.15. The van der Waals surface area contributed by atoms with Crippen molar-refractivity contribution in [1.82, 2.24) is 5.32 Å². The van der Waals surface area contributed by atoms with Crippen molar-refractivity contribution in [2.75, 3.05) is 41.9 Å². The van der Waals surface area contributed by atoms with Crippen LogP contribution in [0, 0.1) is 6.92 Å². The maximum Gasteiger partial charge on any atom is 0.319 e. The molecule has 4 aromatic carbocycles. The van der Waals surface area contributed by atoms with Crippen LogP contribution in [0.3, 0.4) is 0 Å². The van der Waals surface area contributed by atoms with Crippen LogP contribution in [-0.4, -0.2) is 50.4 Å². The second-order valence-corrected chi connectivity index (χ2v) is 11.0. The van der Waals surface area contributed by atoms with Crippen molar-refractivity contribution in [1.29, 1.82) is 0 Å². The van der Waals surface area contributed by atoms with E-state index in [2.05, 4.69) is 16.7 Å². The second kappa shape index (κ2) is 14.4. The van der Waals surface area contributed by atoms with Gasteiger partial charge in [0.25, 0.3) is 0 Å². The van der Waals surface area contributed by atoms with E-state index in [0.717, 1.165) is 24.0 Å². The zero-order chi connectivity index (χ0) is 31.8. The number of aryl methyl sites for hydroxylation is 2. The first-order chi connectivity index (χ1) is 21.8. The molecule has 5 rings (SSSR count). The monoisotopic (exact) mass is 604 g/mol. The fourth-order valence-electron chi connectivity index (χ4n) is 5.40. The molecule has 0 bridgehead atoms. The Labute approximate surface area is 262 Å². The van der Waals surface area contributed by atoms with Crippen LogP contribution in [0.4, 0.5) is 21.9 Å². The highest BCUT2D eigenvalue weighted by atomic mass is 16.5. The van der Waals surface area contributed by atoms with Gasteiger partial charge in [0.1, 0.15) is 18.9 Å². The molecule has 0 spiro atoms. The Hall–Kier alpha value is -5.44. The topological polar surface area (TPSA) is 108 Å². The molecule has 0 radical (unpaired) electrons. The quantitative estimate of drug-likeness (QED) is 0.235. The maximum absolute atomic E-state index is 13.5. The SMILES string of the molecule is Cc1cccc(NC(=O)NCC(=O)N(CC(=O)N(C)c2ccccc2)c2cccc(OCC(=O)C3CCc4ccccc43)c2)c1. The number of para-hydroxylation sites is 1. The number of hydrogen-bond donors (Lipinski definition) is 2. The number of rotatable bonds is 11. The lowest BCUT2D eigenvalue weighted by Gasteiger charge is -2.26. The van der Waals surface area contributed by atoms with Crippen LogP contribution >= 0.6 is 0 Å². The maximum atomic E-state index is 13.5. The molecule has 1 unspecified atom stereocenters. The van der Waals surface area contributed by atoms with Gasteiger partial charge in [-0.3, -0.25) is 14.4 Å². The van der Waals surface area contributed by atoms with Gasteiger partial charge in [-0.2, -0.15) is 0 Å².